The molecule has 4 nitrogen and oxygen atoms in total. The lowest BCUT2D eigenvalue weighted by Crippen LogP contribution is -2.34. The Morgan fingerprint density at radius 1 is 1.39 bits per heavy atom. The minimum Gasteiger partial charge on any atom is -0.508 e. The molecule has 2 atom stereocenters. The van der Waals surface area contributed by atoms with E-state index in [-0.39, 0.29) is 23.6 Å². The second-order valence-electron chi connectivity index (χ2n) is 4.58. The van der Waals surface area contributed by atoms with Gasteiger partial charge in [-0.15, -0.1) is 0 Å². The summed E-state index contributed by atoms with van der Waals surface area (Å²) in [6.07, 6.45) is 1.17. The van der Waals surface area contributed by atoms with Gasteiger partial charge in [0.05, 0.1) is 5.75 Å². The summed E-state index contributed by atoms with van der Waals surface area (Å²) in [4.78, 5) is 0. The highest BCUT2D eigenvalue weighted by atomic mass is 32.2. The SMILES string of the molecule is CC(CS(C)(=O)=O)NC(C)c1ccc(F)cc1O. The quantitative estimate of drug-likeness (QED) is 0.857. The van der Waals surface area contributed by atoms with E-state index in [9.17, 15) is 17.9 Å². The van der Waals surface area contributed by atoms with Crippen LogP contribution in [-0.2, 0) is 9.84 Å². The van der Waals surface area contributed by atoms with E-state index in [0.29, 0.717) is 5.56 Å². The molecule has 0 aromatic heterocycles. The first-order valence-electron chi connectivity index (χ1n) is 5.61. The van der Waals surface area contributed by atoms with E-state index in [1.165, 1.54) is 18.4 Å². The zero-order chi connectivity index (χ0) is 13.9. The van der Waals surface area contributed by atoms with Crippen LogP contribution in [0.3, 0.4) is 0 Å². The zero-order valence-electron chi connectivity index (χ0n) is 10.6. The molecule has 0 bridgehead atoms. The molecule has 1 rings (SSSR count). The van der Waals surface area contributed by atoms with Crippen LogP contribution in [0.4, 0.5) is 4.39 Å². The third-order valence-corrected chi connectivity index (χ3v) is 3.65. The molecule has 0 saturated carbocycles. The van der Waals surface area contributed by atoms with Gasteiger partial charge in [0, 0.05) is 30.0 Å². The van der Waals surface area contributed by atoms with Crippen LogP contribution in [0.15, 0.2) is 18.2 Å². The van der Waals surface area contributed by atoms with Crippen LogP contribution >= 0.6 is 0 Å². The molecule has 0 spiro atoms. The van der Waals surface area contributed by atoms with Crippen molar-refractivity contribution in [3.05, 3.63) is 29.6 Å². The van der Waals surface area contributed by atoms with E-state index in [1.807, 2.05) is 0 Å². The summed E-state index contributed by atoms with van der Waals surface area (Å²) in [5, 5.41) is 12.7. The standard InChI is InChI=1S/C12H18FNO3S/c1-8(7-18(3,16)17)14-9(2)11-5-4-10(13)6-12(11)15/h4-6,8-9,14-15H,7H2,1-3H3. The fraction of sp³-hybridized carbons (Fsp3) is 0.500. The van der Waals surface area contributed by atoms with Crippen LogP contribution in [0.1, 0.15) is 25.5 Å². The van der Waals surface area contributed by atoms with E-state index in [1.54, 1.807) is 13.8 Å². The topological polar surface area (TPSA) is 66.4 Å². The summed E-state index contributed by atoms with van der Waals surface area (Å²) in [5.41, 5.74) is 0.539. The van der Waals surface area contributed by atoms with Gasteiger partial charge in [-0.25, -0.2) is 12.8 Å². The highest BCUT2D eigenvalue weighted by molar-refractivity contribution is 7.90. The number of benzene rings is 1. The largest absolute Gasteiger partial charge is 0.508 e. The van der Waals surface area contributed by atoms with Gasteiger partial charge in [-0.1, -0.05) is 6.07 Å². The fourth-order valence-corrected chi connectivity index (χ4v) is 2.91. The van der Waals surface area contributed by atoms with Crippen molar-refractivity contribution in [3.63, 3.8) is 0 Å². The second kappa shape index (κ2) is 5.67. The maximum atomic E-state index is 12.8. The Balaban J connectivity index is 2.73. The minimum atomic E-state index is -3.05. The van der Waals surface area contributed by atoms with Gasteiger partial charge in [-0.05, 0) is 19.9 Å². The Hall–Kier alpha value is -1.14. The van der Waals surface area contributed by atoms with Crippen molar-refractivity contribution >= 4 is 9.84 Å². The lowest BCUT2D eigenvalue weighted by Gasteiger charge is -2.20. The minimum absolute atomic E-state index is 0.0132. The predicted molar refractivity (Wildman–Crippen MR) is 68.8 cm³/mol. The molecule has 1 aromatic carbocycles. The van der Waals surface area contributed by atoms with Crippen LogP contribution in [0.25, 0.3) is 0 Å². The normalized spacial score (nSPS) is 15.3. The highest BCUT2D eigenvalue weighted by Gasteiger charge is 2.16. The Bertz CT molecular complexity index is 516. The average Bonchev–Trinajstić information content (AvgIpc) is 2.13. The van der Waals surface area contributed by atoms with Crippen LogP contribution in [0, 0.1) is 5.82 Å². The molecule has 18 heavy (non-hydrogen) atoms. The second-order valence-corrected chi connectivity index (χ2v) is 6.77. The van der Waals surface area contributed by atoms with Crippen molar-refractivity contribution in [2.75, 3.05) is 12.0 Å². The van der Waals surface area contributed by atoms with E-state index in [0.717, 1.165) is 6.07 Å². The molecule has 0 aliphatic carbocycles. The Morgan fingerprint density at radius 3 is 2.50 bits per heavy atom. The number of hydrogen-bond acceptors (Lipinski definition) is 4. The molecule has 6 heteroatoms. The molecule has 2 N–H and O–H groups in total. The molecule has 0 radical (unpaired) electrons. The molecule has 0 fully saturated rings. The molecule has 0 aliphatic rings. The fourth-order valence-electron chi connectivity index (χ4n) is 1.90. The smallest absolute Gasteiger partial charge is 0.148 e. The lowest BCUT2D eigenvalue weighted by molar-refractivity contribution is 0.437. The molecule has 0 aliphatic heterocycles. The Labute approximate surface area is 107 Å². The van der Waals surface area contributed by atoms with Gasteiger partial charge in [-0.2, -0.15) is 0 Å². The Morgan fingerprint density at radius 2 is 2.00 bits per heavy atom. The summed E-state index contributed by atoms with van der Waals surface area (Å²) in [7, 11) is -3.05. The van der Waals surface area contributed by atoms with Crippen LogP contribution < -0.4 is 5.32 Å². The summed E-state index contributed by atoms with van der Waals surface area (Å²) in [6, 6.07) is 3.26. The van der Waals surface area contributed by atoms with Crippen molar-refractivity contribution in [1.29, 1.82) is 0 Å². The van der Waals surface area contributed by atoms with Gasteiger partial charge >= 0.3 is 0 Å². The van der Waals surface area contributed by atoms with Crippen LogP contribution in [0.5, 0.6) is 5.75 Å². The van der Waals surface area contributed by atoms with E-state index >= 15 is 0 Å². The zero-order valence-corrected chi connectivity index (χ0v) is 11.5. The van der Waals surface area contributed by atoms with Crippen molar-refractivity contribution in [2.24, 2.45) is 0 Å². The van der Waals surface area contributed by atoms with Gasteiger partial charge in [0.1, 0.15) is 21.4 Å². The molecule has 0 heterocycles. The molecular weight excluding hydrogens is 257 g/mol. The maximum absolute atomic E-state index is 12.8. The first kappa shape index (κ1) is 14.9. The molecule has 0 saturated heterocycles. The maximum Gasteiger partial charge on any atom is 0.148 e. The van der Waals surface area contributed by atoms with Gasteiger partial charge in [0.15, 0.2) is 0 Å². The van der Waals surface area contributed by atoms with Crippen LogP contribution in [0.2, 0.25) is 0 Å². The number of phenolic OH excluding ortho intramolecular Hbond substituents is 1. The van der Waals surface area contributed by atoms with Gasteiger partial charge in [0.25, 0.3) is 0 Å². The number of phenols is 1. The number of nitrogens with one attached hydrogen (secondary N) is 1. The summed E-state index contributed by atoms with van der Waals surface area (Å²) in [5.74, 6) is -0.631. The highest BCUT2D eigenvalue weighted by Crippen LogP contribution is 2.24. The first-order chi connectivity index (χ1) is 8.19. The molecule has 1 aromatic rings. The first-order valence-corrected chi connectivity index (χ1v) is 7.67. The number of rotatable bonds is 5. The third kappa shape index (κ3) is 4.62. The predicted octanol–water partition coefficient (Wildman–Crippen LogP) is 1.61. The monoisotopic (exact) mass is 275 g/mol. The molecule has 0 amide bonds. The van der Waals surface area contributed by atoms with E-state index in [4.69, 9.17) is 0 Å². The van der Waals surface area contributed by atoms with Gasteiger partial charge in [-0.3, -0.25) is 0 Å². The lowest BCUT2D eigenvalue weighted by atomic mass is 10.1. The summed E-state index contributed by atoms with van der Waals surface area (Å²) in [6.45, 7) is 3.53. The Kier molecular flexibility index (Phi) is 4.70. The van der Waals surface area contributed by atoms with Gasteiger partial charge in [0.2, 0.25) is 0 Å². The van der Waals surface area contributed by atoms with Gasteiger partial charge < -0.3 is 10.4 Å². The van der Waals surface area contributed by atoms with Crippen LogP contribution in [-0.4, -0.2) is 31.6 Å². The van der Waals surface area contributed by atoms with E-state index in [2.05, 4.69) is 5.32 Å². The third-order valence-electron chi connectivity index (χ3n) is 2.55. The number of aromatic hydroxyl groups is 1. The van der Waals surface area contributed by atoms with Crippen molar-refractivity contribution in [3.8, 4) is 5.75 Å². The molecular formula is C12H18FNO3S. The van der Waals surface area contributed by atoms with E-state index < -0.39 is 15.7 Å². The molecule has 102 valence electrons. The van der Waals surface area contributed by atoms with Crippen molar-refractivity contribution in [2.45, 2.75) is 25.9 Å². The number of hydrogen-bond donors (Lipinski definition) is 2. The molecule has 2 unspecified atom stereocenters. The number of sulfone groups is 1. The number of halogens is 1. The van der Waals surface area contributed by atoms with Crippen molar-refractivity contribution < 1.29 is 17.9 Å². The average molecular weight is 275 g/mol. The summed E-state index contributed by atoms with van der Waals surface area (Å²) >= 11 is 0. The summed E-state index contributed by atoms with van der Waals surface area (Å²) < 4.78 is 35.1. The van der Waals surface area contributed by atoms with Crippen molar-refractivity contribution in [1.82, 2.24) is 5.32 Å².